The quantitative estimate of drug-likeness (QED) is 0.510. The Hall–Kier alpha value is -2.88. The van der Waals surface area contributed by atoms with E-state index in [9.17, 15) is 19.5 Å². The van der Waals surface area contributed by atoms with E-state index < -0.39 is 42.0 Å². The number of hydrogen-bond acceptors (Lipinski definition) is 9. The molecule has 0 unspecified atom stereocenters. The number of esters is 2. The molecule has 2 N–H and O–H groups in total. The molecule has 3 rings (SSSR count). The molecule has 2 fully saturated rings. The number of methoxy groups -OCH3 is 1. The first-order valence-corrected chi connectivity index (χ1v) is 12.8. The minimum atomic E-state index is -0.970. The van der Waals surface area contributed by atoms with Crippen LogP contribution in [0.4, 0.5) is 0 Å². The Morgan fingerprint density at radius 2 is 1.92 bits per heavy atom. The summed E-state index contributed by atoms with van der Waals surface area (Å²) >= 11 is 0. The van der Waals surface area contributed by atoms with Crippen molar-refractivity contribution >= 4 is 17.8 Å². The summed E-state index contributed by atoms with van der Waals surface area (Å²) in [6.45, 7) is 6.15. The van der Waals surface area contributed by atoms with Crippen molar-refractivity contribution in [2.45, 2.75) is 90.1 Å². The summed E-state index contributed by atoms with van der Waals surface area (Å²) in [6.07, 6.45) is 4.31. The van der Waals surface area contributed by atoms with Crippen LogP contribution in [0.15, 0.2) is 12.3 Å². The Morgan fingerprint density at radius 1 is 1.19 bits per heavy atom. The second-order valence-corrected chi connectivity index (χ2v) is 9.96. The minimum Gasteiger partial charge on any atom is -0.503 e. The molecule has 1 amide bonds. The smallest absolute Gasteiger partial charge is 0.329 e. The summed E-state index contributed by atoms with van der Waals surface area (Å²) in [6, 6.07) is 0.453. The lowest BCUT2D eigenvalue weighted by Crippen LogP contribution is -2.46. The van der Waals surface area contributed by atoms with Crippen LogP contribution in [0.1, 0.15) is 76.2 Å². The third-order valence-corrected chi connectivity index (χ3v) is 6.60. The average Bonchev–Trinajstić information content (AvgIpc) is 3.38. The van der Waals surface area contributed by atoms with Gasteiger partial charge in [-0.2, -0.15) is 0 Å². The zero-order valence-corrected chi connectivity index (χ0v) is 21.5. The Bertz CT molecular complexity index is 915. The van der Waals surface area contributed by atoms with Crippen molar-refractivity contribution < 1.29 is 38.4 Å². The Balaban J connectivity index is 1.75. The van der Waals surface area contributed by atoms with Crippen molar-refractivity contribution in [3.05, 3.63) is 18.0 Å². The van der Waals surface area contributed by atoms with Gasteiger partial charge in [-0.05, 0) is 44.9 Å². The number of aromatic nitrogens is 1. The predicted octanol–water partition coefficient (Wildman–Crippen LogP) is 3.15. The van der Waals surface area contributed by atoms with Crippen molar-refractivity contribution in [2.75, 3.05) is 13.7 Å². The molecule has 0 bridgehead atoms. The summed E-state index contributed by atoms with van der Waals surface area (Å²) in [5.41, 5.74) is -0.253. The summed E-state index contributed by atoms with van der Waals surface area (Å²) < 4.78 is 22.8. The van der Waals surface area contributed by atoms with Crippen LogP contribution in [0.5, 0.6) is 11.5 Å². The fraction of sp³-hybridized carbons (Fsp3) is 0.692. The second-order valence-electron chi connectivity index (χ2n) is 9.96. The fourth-order valence-electron chi connectivity index (χ4n) is 4.64. The molecule has 0 radical (unpaired) electrons. The van der Waals surface area contributed by atoms with E-state index in [1.165, 1.54) is 19.4 Å². The molecule has 1 saturated carbocycles. The van der Waals surface area contributed by atoms with Crippen LogP contribution >= 0.6 is 0 Å². The van der Waals surface area contributed by atoms with Crippen molar-refractivity contribution in [3.63, 3.8) is 0 Å². The number of amides is 1. The number of ether oxygens (including phenoxy) is 4. The van der Waals surface area contributed by atoms with Gasteiger partial charge < -0.3 is 29.4 Å². The first kappa shape index (κ1) is 27.7. The van der Waals surface area contributed by atoms with Gasteiger partial charge in [0.2, 0.25) is 0 Å². The van der Waals surface area contributed by atoms with Crippen LogP contribution in [-0.4, -0.2) is 66.0 Å². The monoisotopic (exact) mass is 506 g/mol. The van der Waals surface area contributed by atoms with Crippen LogP contribution in [0.2, 0.25) is 0 Å². The molecule has 0 aromatic carbocycles. The third-order valence-electron chi connectivity index (χ3n) is 6.60. The average molecular weight is 507 g/mol. The molecule has 1 aromatic rings. The summed E-state index contributed by atoms with van der Waals surface area (Å²) in [4.78, 5) is 42.6. The van der Waals surface area contributed by atoms with Crippen LogP contribution < -0.4 is 10.1 Å². The maximum Gasteiger partial charge on any atom is 0.329 e. The van der Waals surface area contributed by atoms with Gasteiger partial charge in [-0.25, -0.2) is 9.78 Å². The first-order valence-electron chi connectivity index (χ1n) is 12.8. The molecule has 2 aliphatic rings. The maximum absolute atomic E-state index is 13.0. The number of pyridine rings is 1. The molecule has 2 heterocycles. The molecule has 36 heavy (non-hydrogen) atoms. The molecular formula is C26H38N2O8. The maximum atomic E-state index is 13.0. The van der Waals surface area contributed by atoms with E-state index in [4.69, 9.17) is 18.9 Å². The van der Waals surface area contributed by atoms with E-state index >= 15 is 0 Å². The number of cyclic esters (lactones) is 1. The van der Waals surface area contributed by atoms with Gasteiger partial charge >= 0.3 is 11.9 Å². The molecule has 10 nitrogen and oxygen atoms in total. The largest absolute Gasteiger partial charge is 0.503 e. The molecule has 1 saturated heterocycles. The zero-order valence-electron chi connectivity index (χ0n) is 21.5. The van der Waals surface area contributed by atoms with Gasteiger partial charge in [0.25, 0.3) is 5.91 Å². The van der Waals surface area contributed by atoms with Gasteiger partial charge in [0.1, 0.15) is 24.4 Å². The van der Waals surface area contributed by atoms with Gasteiger partial charge in [-0.15, -0.1) is 0 Å². The highest BCUT2D eigenvalue weighted by Gasteiger charge is 2.38. The number of nitrogens with one attached hydrogen (secondary N) is 1. The molecule has 1 aliphatic heterocycles. The van der Waals surface area contributed by atoms with Crippen molar-refractivity contribution in [2.24, 2.45) is 11.8 Å². The van der Waals surface area contributed by atoms with Gasteiger partial charge in [0.15, 0.2) is 17.2 Å². The van der Waals surface area contributed by atoms with Gasteiger partial charge in [0.05, 0.1) is 13.0 Å². The minimum absolute atomic E-state index is 0.0953. The van der Waals surface area contributed by atoms with Gasteiger partial charge in [-0.3, -0.25) is 9.59 Å². The van der Waals surface area contributed by atoms with Gasteiger partial charge in [0, 0.05) is 18.9 Å². The summed E-state index contributed by atoms with van der Waals surface area (Å²) in [5.74, 6) is -1.76. The Kier molecular flexibility index (Phi) is 9.92. The molecule has 1 aromatic heterocycles. The van der Waals surface area contributed by atoms with E-state index in [0.717, 1.165) is 25.7 Å². The van der Waals surface area contributed by atoms with Crippen LogP contribution in [0.25, 0.3) is 0 Å². The number of carbonyl (C=O) groups is 3. The zero-order chi connectivity index (χ0) is 26.2. The van der Waals surface area contributed by atoms with E-state index in [0.29, 0.717) is 19.4 Å². The molecule has 4 atom stereocenters. The number of rotatable bonds is 8. The fourth-order valence-corrected chi connectivity index (χ4v) is 4.64. The third kappa shape index (κ3) is 7.09. The Labute approximate surface area is 212 Å². The molecule has 10 heteroatoms. The summed E-state index contributed by atoms with van der Waals surface area (Å²) in [7, 11) is 1.36. The first-order chi connectivity index (χ1) is 17.2. The SMILES string of the molecule is COc1ccnc(C(=O)N[C@H]2CCC[C@H](OC(=O)C3CCCC3)[C@@H](OCC(C)C)[C@H](C)OC2=O)c1O. The van der Waals surface area contributed by atoms with E-state index in [1.54, 1.807) is 6.92 Å². The lowest BCUT2D eigenvalue weighted by molar-refractivity contribution is -0.178. The molecular weight excluding hydrogens is 468 g/mol. The lowest BCUT2D eigenvalue weighted by atomic mass is 10.0. The Morgan fingerprint density at radius 3 is 2.58 bits per heavy atom. The van der Waals surface area contributed by atoms with Crippen LogP contribution in [-0.2, 0) is 23.8 Å². The van der Waals surface area contributed by atoms with Crippen LogP contribution in [0.3, 0.4) is 0 Å². The van der Waals surface area contributed by atoms with Crippen LogP contribution in [0, 0.1) is 11.8 Å². The molecule has 200 valence electrons. The number of hydrogen-bond donors (Lipinski definition) is 2. The highest BCUT2D eigenvalue weighted by molar-refractivity contribution is 5.97. The highest BCUT2D eigenvalue weighted by atomic mass is 16.6. The number of nitrogens with zero attached hydrogens (tertiary/aromatic N) is 1. The number of carbonyl (C=O) groups excluding carboxylic acids is 3. The lowest BCUT2D eigenvalue weighted by Gasteiger charge is -2.32. The van der Waals surface area contributed by atoms with E-state index in [2.05, 4.69) is 10.3 Å². The standard InChI is InChI=1S/C26H38N2O8/c1-15(2)14-34-23-16(3)35-26(32)18(28-24(30)21-22(29)19(33-4)12-13-27-21)10-7-11-20(23)36-25(31)17-8-5-6-9-17/h12-13,15-18,20,23,29H,5-11,14H2,1-4H3,(H,28,30)/t16-,18-,20-,23-/m0/s1. The van der Waals surface area contributed by atoms with E-state index in [1.807, 2.05) is 13.8 Å². The normalized spacial score (nSPS) is 25.4. The number of aromatic hydroxyl groups is 1. The summed E-state index contributed by atoms with van der Waals surface area (Å²) in [5, 5.41) is 12.9. The molecule has 0 spiro atoms. The van der Waals surface area contributed by atoms with Gasteiger partial charge in [-0.1, -0.05) is 26.7 Å². The van der Waals surface area contributed by atoms with Crippen molar-refractivity contribution in [3.8, 4) is 11.5 Å². The predicted molar refractivity (Wildman–Crippen MR) is 130 cm³/mol. The van der Waals surface area contributed by atoms with Crippen molar-refractivity contribution in [1.29, 1.82) is 0 Å². The second kappa shape index (κ2) is 12.9. The molecule has 1 aliphatic carbocycles. The topological polar surface area (TPSA) is 133 Å². The highest BCUT2D eigenvalue weighted by Crippen LogP contribution is 2.30. The van der Waals surface area contributed by atoms with E-state index in [-0.39, 0.29) is 35.7 Å². The van der Waals surface area contributed by atoms with Crippen molar-refractivity contribution in [1.82, 2.24) is 10.3 Å².